The number of ether oxygens (including phenoxy) is 1. The van der Waals surface area contributed by atoms with E-state index in [0.29, 0.717) is 47.9 Å². The summed E-state index contributed by atoms with van der Waals surface area (Å²) in [5.74, 6) is 3.24. The molecule has 2 aliphatic rings. The van der Waals surface area contributed by atoms with Crippen molar-refractivity contribution in [2.45, 2.75) is 33.2 Å². The second-order valence-electron chi connectivity index (χ2n) is 8.32. The summed E-state index contributed by atoms with van der Waals surface area (Å²) in [6, 6.07) is 5.85. The van der Waals surface area contributed by atoms with E-state index in [2.05, 4.69) is 26.7 Å². The molecule has 2 aliphatic heterocycles. The number of rotatable bonds is 5. The number of nitrogens with zero attached hydrogens (tertiary/aromatic N) is 3. The molecule has 0 radical (unpaired) electrons. The second-order valence-corrected chi connectivity index (χ2v) is 8.73. The predicted molar refractivity (Wildman–Crippen MR) is 125 cm³/mol. The number of aryl methyl sites for hydroxylation is 1. The van der Waals surface area contributed by atoms with Crippen LogP contribution in [0.4, 0.5) is 17.5 Å². The van der Waals surface area contributed by atoms with E-state index < -0.39 is 7.12 Å². The number of nitriles is 1. The van der Waals surface area contributed by atoms with Gasteiger partial charge in [-0.15, -0.1) is 0 Å². The molecule has 1 aromatic carbocycles. The van der Waals surface area contributed by atoms with Crippen LogP contribution in [0.5, 0.6) is 5.75 Å². The molecule has 2 atom stereocenters. The van der Waals surface area contributed by atoms with Gasteiger partial charge in [0, 0.05) is 29.6 Å². The molecule has 3 heterocycles. The highest BCUT2D eigenvalue weighted by Gasteiger charge is 2.28. The Kier molecular flexibility index (Phi) is 6.56. The van der Waals surface area contributed by atoms with Gasteiger partial charge in [-0.05, 0) is 42.9 Å². The van der Waals surface area contributed by atoms with E-state index in [0.717, 1.165) is 16.7 Å². The summed E-state index contributed by atoms with van der Waals surface area (Å²) < 4.78 is 11.1. The van der Waals surface area contributed by atoms with Gasteiger partial charge in [0.2, 0.25) is 5.95 Å². The summed E-state index contributed by atoms with van der Waals surface area (Å²) in [6.07, 6.45) is 2.42. The minimum atomic E-state index is -1.02. The molecule has 32 heavy (non-hydrogen) atoms. The highest BCUT2D eigenvalue weighted by molar-refractivity contribution is 6.53. The van der Waals surface area contributed by atoms with E-state index in [-0.39, 0.29) is 17.9 Å². The molecule has 1 saturated heterocycles. The predicted octanol–water partition coefficient (Wildman–Crippen LogP) is 3.97. The lowest BCUT2D eigenvalue weighted by Crippen LogP contribution is -2.38. The van der Waals surface area contributed by atoms with Crippen molar-refractivity contribution in [2.24, 2.45) is 11.8 Å². The normalized spacial score (nSPS) is 20.2. The molecule has 0 bridgehead atoms. The van der Waals surface area contributed by atoms with E-state index in [1.165, 1.54) is 0 Å². The zero-order chi connectivity index (χ0) is 22.8. The summed E-state index contributed by atoms with van der Waals surface area (Å²) in [5, 5.41) is 26.4. The summed E-state index contributed by atoms with van der Waals surface area (Å²) in [6.45, 7) is 7.06. The maximum Gasteiger partial charge on any atom is 0.552 e. The van der Waals surface area contributed by atoms with Crippen LogP contribution in [0.15, 0.2) is 24.3 Å². The molecule has 1 fully saturated rings. The Bertz CT molecular complexity index is 1090. The summed E-state index contributed by atoms with van der Waals surface area (Å²) >= 11 is 6.47. The van der Waals surface area contributed by atoms with Gasteiger partial charge in [0.25, 0.3) is 0 Å². The van der Waals surface area contributed by atoms with Crippen molar-refractivity contribution in [1.82, 2.24) is 9.97 Å². The molecule has 166 valence electrons. The molecule has 1 aromatic heterocycles. The quantitative estimate of drug-likeness (QED) is 0.583. The highest BCUT2D eigenvalue weighted by Crippen LogP contribution is 2.42. The summed E-state index contributed by atoms with van der Waals surface area (Å²) in [4.78, 5) is 9.00. The Morgan fingerprint density at radius 3 is 2.94 bits per heavy atom. The van der Waals surface area contributed by atoms with Crippen molar-refractivity contribution in [3.63, 3.8) is 0 Å². The van der Waals surface area contributed by atoms with Crippen LogP contribution in [0.2, 0.25) is 5.02 Å². The number of hydrogen-bond donors (Lipinski definition) is 3. The fourth-order valence-corrected chi connectivity index (χ4v) is 4.15. The number of benzene rings is 1. The van der Waals surface area contributed by atoms with Crippen molar-refractivity contribution < 1.29 is 14.4 Å². The van der Waals surface area contributed by atoms with Gasteiger partial charge in [0.1, 0.15) is 11.6 Å². The van der Waals surface area contributed by atoms with Crippen LogP contribution in [0.25, 0.3) is 5.57 Å². The van der Waals surface area contributed by atoms with Crippen LogP contribution < -0.4 is 15.3 Å². The number of aromatic nitrogens is 2. The zero-order valence-corrected chi connectivity index (χ0v) is 19.0. The SMILES string of the molecule is Cc1cnc(Nc2cc(Cl)c3c(c2)C(C(C)C)=CB(O)O3)nc1NC1COCCC1C#N. The van der Waals surface area contributed by atoms with Crippen molar-refractivity contribution in [3.8, 4) is 11.8 Å². The van der Waals surface area contributed by atoms with E-state index in [9.17, 15) is 10.3 Å². The lowest BCUT2D eigenvalue weighted by Gasteiger charge is -2.28. The Labute approximate surface area is 192 Å². The zero-order valence-electron chi connectivity index (χ0n) is 18.2. The number of fused-ring (bicyclic) bond motifs is 1. The third-order valence-electron chi connectivity index (χ3n) is 5.61. The standard InChI is InChI=1S/C22H25BClN5O3/c1-12(2)17-8-23(30)32-20-16(17)6-15(7-18(20)24)27-22-26-10-13(3)21(29-22)28-19-11-31-5-4-14(19)9-25/h6-8,10,12,14,19,30H,4-5,11H2,1-3H3,(H2,26,27,28,29). The number of hydrogen-bond acceptors (Lipinski definition) is 8. The average Bonchev–Trinajstić information content (AvgIpc) is 2.76. The van der Waals surface area contributed by atoms with Gasteiger partial charge in [-0.2, -0.15) is 10.2 Å². The smallest absolute Gasteiger partial charge is 0.531 e. The molecular formula is C22H25BClN5O3. The highest BCUT2D eigenvalue weighted by atomic mass is 35.5. The monoisotopic (exact) mass is 453 g/mol. The number of anilines is 3. The van der Waals surface area contributed by atoms with Gasteiger partial charge in [-0.25, -0.2) is 4.98 Å². The Hall–Kier alpha value is -2.80. The molecule has 0 saturated carbocycles. The largest absolute Gasteiger partial charge is 0.552 e. The third-order valence-corrected chi connectivity index (χ3v) is 5.89. The first-order valence-electron chi connectivity index (χ1n) is 10.6. The third kappa shape index (κ3) is 4.68. The van der Waals surface area contributed by atoms with E-state index in [1.807, 2.05) is 26.8 Å². The van der Waals surface area contributed by atoms with Gasteiger partial charge >= 0.3 is 7.12 Å². The van der Waals surface area contributed by atoms with E-state index in [1.54, 1.807) is 18.2 Å². The maximum absolute atomic E-state index is 10.0. The topological polar surface area (TPSA) is 112 Å². The van der Waals surface area contributed by atoms with Crippen molar-refractivity contribution in [1.29, 1.82) is 5.26 Å². The van der Waals surface area contributed by atoms with Crippen LogP contribution in [0, 0.1) is 30.1 Å². The molecule has 3 N–H and O–H groups in total. The van der Waals surface area contributed by atoms with Gasteiger partial charge in [0.15, 0.2) is 0 Å². The molecule has 0 amide bonds. The second kappa shape index (κ2) is 9.37. The van der Waals surface area contributed by atoms with Gasteiger partial charge in [-0.1, -0.05) is 25.4 Å². The Morgan fingerprint density at radius 2 is 2.19 bits per heavy atom. The molecular weight excluding hydrogens is 429 g/mol. The van der Waals surface area contributed by atoms with Gasteiger partial charge < -0.3 is 25.0 Å². The number of nitrogens with one attached hydrogen (secondary N) is 2. The molecule has 0 spiro atoms. The Morgan fingerprint density at radius 1 is 1.38 bits per heavy atom. The molecule has 0 aliphatic carbocycles. The van der Waals surface area contributed by atoms with Crippen LogP contribution in [0.1, 0.15) is 31.4 Å². The lowest BCUT2D eigenvalue weighted by molar-refractivity contribution is 0.0698. The van der Waals surface area contributed by atoms with Crippen LogP contribution in [0.3, 0.4) is 0 Å². The van der Waals surface area contributed by atoms with Crippen molar-refractivity contribution >= 4 is 41.7 Å². The maximum atomic E-state index is 10.0. The number of halogens is 1. The fourth-order valence-electron chi connectivity index (χ4n) is 3.89. The van der Waals surface area contributed by atoms with Crippen LogP contribution >= 0.6 is 11.6 Å². The van der Waals surface area contributed by atoms with E-state index >= 15 is 0 Å². The average molecular weight is 454 g/mol. The van der Waals surface area contributed by atoms with Gasteiger partial charge in [-0.3, -0.25) is 0 Å². The molecule has 4 rings (SSSR count). The van der Waals surface area contributed by atoms with Gasteiger partial charge in [0.05, 0.1) is 29.7 Å². The molecule has 8 nitrogen and oxygen atoms in total. The molecule has 2 aromatic rings. The first-order valence-corrected chi connectivity index (χ1v) is 11.0. The summed E-state index contributed by atoms with van der Waals surface area (Å²) in [5.41, 5.74) is 3.35. The van der Waals surface area contributed by atoms with Crippen LogP contribution in [-0.4, -0.2) is 41.4 Å². The van der Waals surface area contributed by atoms with E-state index in [4.69, 9.17) is 21.0 Å². The minimum Gasteiger partial charge on any atom is -0.531 e. The van der Waals surface area contributed by atoms with Crippen LogP contribution in [-0.2, 0) is 4.74 Å². The lowest BCUT2D eigenvalue weighted by atomic mass is 9.78. The first kappa shape index (κ1) is 22.4. The Balaban J connectivity index is 1.60. The number of allylic oxidation sites excluding steroid dienone is 1. The van der Waals surface area contributed by atoms with Crippen molar-refractivity contribution in [3.05, 3.63) is 40.5 Å². The molecule has 2 unspecified atom stereocenters. The minimum absolute atomic E-state index is 0.129. The fraction of sp³-hybridized carbons (Fsp3) is 0.409. The summed E-state index contributed by atoms with van der Waals surface area (Å²) in [7, 11) is -1.02. The first-order chi connectivity index (χ1) is 15.4. The molecule has 10 heteroatoms. The van der Waals surface area contributed by atoms with Crippen molar-refractivity contribution in [2.75, 3.05) is 23.8 Å².